The van der Waals surface area contributed by atoms with E-state index in [0.29, 0.717) is 11.8 Å². The van der Waals surface area contributed by atoms with E-state index in [1.54, 1.807) is 0 Å². The van der Waals surface area contributed by atoms with Gasteiger partial charge in [0.25, 0.3) is 5.91 Å². The van der Waals surface area contributed by atoms with E-state index < -0.39 is 0 Å². The molecular formula is C20H25ClN2O. The number of fused-ring (bicyclic) bond motifs is 1. The van der Waals surface area contributed by atoms with Crippen molar-refractivity contribution in [3.63, 3.8) is 0 Å². The smallest absolute Gasteiger partial charge is 0.251 e. The third-order valence-corrected chi connectivity index (χ3v) is 5.20. The van der Waals surface area contributed by atoms with Gasteiger partial charge >= 0.3 is 0 Å². The molecule has 1 aliphatic carbocycles. The molecule has 3 nitrogen and oxygen atoms in total. The highest BCUT2D eigenvalue weighted by Crippen LogP contribution is 2.32. The van der Waals surface area contributed by atoms with Gasteiger partial charge in [-0.2, -0.15) is 0 Å². The second kappa shape index (κ2) is 7.54. The quantitative estimate of drug-likeness (QED) is 0.884. The van der Waals surface area contributed by atoms with Crippen LogP contribution in [0.3, 0.4) is 0 Å². The number of benzene rings is 2. The lowest BCUT2D eigenvalue weighted by Gasteiger charge is -2.24. The van der Waals surface area contributed by atoms with E-state index in [9.17, 15) is 4.79 Å². The molecule has 0 bridgehead atoms. The lowest BCUT2D eigenvalue weighted by molar-refractivity contribution is 0.0952. The summed E-state index contributed by atoms with van der Waals surface area (Å²) in [6.07, 6.45) is 4.92. The third-order valence-electron chi connectivity index (χ3n) is 5.20. The van der Waals surface area contributed by atoms with Crippen LogP contribution in [-0.4, -0.2) is 25.5 Å². The highest BCUT2D eigenvalue weighted by molar-refractivity contribution is 5.99. The molecule has 0 atom stereocenters. The maximum absolute atomic E-state index is 12.3. The van der Waals surface area contributed by atoms with Crippen LogP contribution in [0, 0.1) is 5.92 Å². The van der Waals surface area contributed by atoms with E-state index >= 15 is 0 Å². The second-order valence-electron chi connectivity index (χ2n) is 6.96. The Morgan fingerprint density at radius 3 is 2.62 bits per heavy atom. The van der Waals surface area contributed by atoms with Crippen molar-refractivity contribution in [3.05, 3.63) is 47.5 Å². The highest BCUT2D eigenvalue weighted by atomic mass is 35.5. The fraction of sp³-hybridized carbons (Fsp3) is 0.450. The predicted molar refractivity (Wildman–Crippen MR) is 101 cm³/mol. The zero-order valence-electron chi connectivity index (χ0n) is 13.9. The number of halogens is 1. The van der Waals surface area contributed by atoms with Crippen LogP contribution < -0.4 is 10.6 Å². The van der Waals surface area contributed by atoms with E-state index in [4.69, 9.17) is 0 Å². The van der Waals surface area contributed by atoms with Crippen LogP contribution >= 0.6 is 12.4 Å². The van der Waals surface area contributed by atoms with Gasteiger partial charge in [-0.05, 0) is 79.1 Å². The van der Waals surface area contributed by atoms with Crippen molar-refractivity contribution in [2.75, 3.05) is 19.6 Å². The van der Waals surface area contributed by atoms with Crippen molar-refractivity contribution < 1.29 is 4.79 Å². The van der Waals surface area contributed by atoms with E-state index in [-0.39, 0.29) is 18.3 Å². The molecule has 2 N–H and O–H groups in total. The molecule has 2 fully saturated rings. The Labute approximate surface area is 149 Å². The summed E-state index contributed by atoms with van der Waals surface area (Å²) >= 11 is 0. The predicted octanol–water partition coefficient (Wildman–Crippen LogP) is 3.87. The highest BCUT2D eigenvalue weighted by Gasteiger charge is 2.22. The monoisotopic (exact) mass is 344 g/mol. The maximum atomic E-state index is 12.3. The van der Waals surface area contributed by atoms with Crippen LogP contribution in [0.25, 0.3) is 10.8 Å². The summed E-state index contributed by atoms with van der Waals surface area (Å²) in [5, 5.41) is 8.97. The van der Waals surface area contributed by atoms with Gasteiger partial charge in [0.05, 0.1) is 0 Å². The van der Waals surface area contributed by atoms with Crippen molar-refractivity contribution in [1.82, 2.24) is 10.6 Å². The van der Waals surface area contributed by atoms with Crippen molar-refractivity contribution >= 4 is 29.1 Å². The lowest BCUT2D eigenvalue weighted by atomic mass is 9.86. The van der Waals surface area contributed by atoms with Gasteiger partial charge in [-0.1, -0.05) is 24.3 Å². The van der Waals surface area contributed by atoms with Gasteiger partial charge < -0.3 is 10.6 Å². The van der Waals surface area contributed by atoms with Gasteiger partial charge in [-0.3, -0.25) is 4.79 Å². The zero-order chi connectivity index (χ0) is 15.6. The number of carbonyl (C=O) groups is 1. The first-order valence-corrected chi connectivity index (χ1v) is 8.83. The first-order valence-electron chi connectivity index (χ1n) is 8.83. The SMILES string of the molecule is Cl.O=C(NCC1CC1)c1ccc2c(C3CCNCC3)cccc2c1. The minimum Gasteiger partial charge on any atom is -0.352 e. The molecule has 1 amide bonds. The van der Waals surface area contributed by atoms with E-state index in [1.165, 1.54) is 42.0 Å². The average Bonchev–Trinajstić information content (AvgIpc) is 3.44. The number of hydrogen-bond donors (Lipinski definition) is 2. The maximum Gasteiger partial charge on any atom is 0.251 e. The van der Waals surface area contributed by atoms with Crippen molar-refractivity contribution in [1.29, 1.82) is 0 Å². The molecule has 128 valence electrons. The summed E-state index contributed by atoms with van der Waals surface area (Å²) < 4.78 is 0. The van der Waals surface area contributed by atoms with Crippen molar-refractivity contribution in [3.8, 4) is 0 Å². The Bertz CT molecular complexity index is 721. The van der Waals surface area contributed by atoms with Gasteiger partial charge in [-0.25, -0.2) is 0 Å². The van der Waals surface area contributed by atoms with Crippen LogP contribution in [0.4, 0.5) is 0 Å². The number of hydrogen-bond acceptors (Lipinski definition) is 2. The number of amides is 1. The molecule has 1 saturated carbocycles. The fourth-order valence-corrected chi connectivity index (χ4v) is 3.60. The van der Waals surface area contributed by atoms with Gasteiger partial charge in [0, 0.05) is 12.1 Å². The Morgan fingerprint density at radius 2 is 1.88 bits per heavy atom. The molecule has 0 unspecified atom stereocenters. The summed E-state index contributed by atoms with van der Waals surface area (Å²) in [4.78, 5) is 12.3. The lowest BCUT2D eigenvalue weighted by Crippen LogP contribution is -2.26. The van der Waals surface area contributed by atoms with E-state index in [0.717, 1.165) is 25.2 Å². The van der Waals surface area contributed by atoms with Crippen molar-refractivity contribution in [2.24, 2.45) is 5.92 Å². The largest absolute Gasteiger partial charge is 0.352 e. The number of carbonyl (C=O) groups excluding carboxylic acids is 1. The standard InChI is InChI=1S/C20H24N2O.ClH/c23-20(22-13-14-4-5-14)17-6-7-19-16(12-17)2-1-3-18(19)15-8-10-21-11-9-15;/h1-3,6-7,12,14-15,21H,4-5,8-11,13H2,(H,22,23);1H. The zero-order valence-corrected chi connectivity index (χ0v) is 14.7. The van der Waals surface area contributed by atoms with E-state index in [1.807, 2.05) is 12.1 Å². The molecule has 0 aromatic heterocycles. The van der Waals surface area contributed by atoms with Crippen LogP contribution in [-0.2, 0) is 0 Å². The van der Waals surface area contributed by atoms with Gasteiger partial charge in [0.15, 0.2) is 0 Å². The summed E-state index contributed by atoms with van der Waals surface area (Å²) in [6.45, 7) is 3.03. The molecule has 2 aliphatic rings. The minimum absolute atomic E-state index is 0. The second-order valence-corrected chi connectivity index (χ2v) is 6.96. The number of piperidine rings is 1. The summed E-state index contributed by atoms with van der Waals surface area (Å²) in [5.74, 6) is 1.41. The van der Waals surface area contributed by atoms with Crippen molar-refractivity contribution in [2.45, 2.75) is 31.6 Å². The molecule has 24 heavy (non-hydrogen) atoms. The van der Waals surface area contributed by atoms with Crippen LogP contribution in [0.15, 0.2) is 36.4 Å². The van der Waals surface area contributed by atoms with Gasteiger partial charge in [0.2, 0.25) is 0 Å². The number of rotatable bonds is 4. The summed E-state index contributed by atoms with van der Waals surface area (Å²) in [6, 6.07) is 12.7. The molecule has 4 heteroatoms. The van der Waals surface area contributed by atoms with Crippen LogP contribution in [0.2, 0.25) is 0 Å². The fourth-order valence-electron chi connectivity index (χ4n) is 3.60. The molecule has 1 heterocycles. The summed E-state index contributed by atoms with van der Waals surface area (Å²) in [7, 11) is 0. The first kappa shape index (κ1) is 17.2. The Balaban J connectivity index is 0.00000169. The Morgan fingerprint density at radius 1 is 1.08 bits per heavy atom. The normalized spacial score (nSPS) is 18.2. The number of nitrogens with one attached hydrogen (secondary N) is 2. The minimum atomic E-state index is 0. The topological polar surface area (TPSA) is 41.1 Å². The Hall–Kier alpha value is -1.58. The Kier molecular flexibility index (Phi) is 5.42. The first-order chi connectivity index (χ1) is 11.3. The molecular weight excluding hydrogens is 320 g/mol. The molecule has 2 aromatic rings. The average molecular weight is 345 g/mol. The molecule has 0 radical (unpaired) electrons. The molecule has 4 rings (SSSR count). The molecule has 1 aliphatic heterocycles. The molecule has 1 saturated heterocycles. The molecule has 2 aromatic carbocycles. The summed E-state index contributed by atoms with van der Waals surface area (Å²) in [5.41, 5.74) is 2.22. The van der Waals surface area contributed by atoms with Gasteiger partial charge in [0.1, 0.15) is 0 Å². The molecule has 0 spiro atoms. The van der Waals surface area contributed by atoms with Gasteiger partial charge in [-0.15, -0.1) is 12.4 Å². The third kappa shape index (κ3) is 3.73. The van der Waals surface area contributed by atoms with E-state index in [2.05, 4.69) is 34.9 Å². The van der Waals surface area contributed by atoms with Crippen LogP contribution in [0.1, 0.15) is 47.5 Å². The van der Waals surface area contributed by atoms with Crippen LogP contribution in [0.5, 0.6) is 0 Å².